The number of aromatic nitrogens is 1. The van der Waals surface area contributed by atoms with E-state index in [0.29, 0.717) is 17.2 Å². The Morgan fingerprint density at radius 1 is 0.571 bits per heavy atom. The fraction of sp³-hybridized carbons (Fsp3) is 0.135. The molecule has 0 bridgehead atoms. The Labute approximate surface area is 246 Å². The highest BCUT2D eigenvalue weighted by Gasteiger charge is 2.40. The summed E-state index contributed by atoms with van der Waals surface area (Å²) in [7, 11) is 4.94. The van der Waals surface area contributed by atoms with Gasteiger partial charge in [0.2, 0.25) is 5.75 Å². The van der Waals surface area contributed by atoms with E-state index in [1.807, 2.05) is 12.1 Å². The Morgan fingerprint density at radius 3 is 1.60 bits per heavy atom. The number of aromatic amines is 1. The molecule has 42 heavy (non-hydrogen) atoms. The maximum Gasteiger partial charge on any atom is 0.203 e. The number of benzene rings is 5. The molecule has 0 spiro atoms. The number of para-hydroxylation sites is 1. The van der Waals surface area contributed by atoms with Crippen molar-refractivity contribution in [1.82, 2.24) is 10.3 Å². The fourth-order valence-corrected chi connectivity index (χ4v) is 5.96. The summed E-state index contributed by atoms with van der Waals surface area (Å²) in [5, 5.41) is 5.29. The van der Waals surface area contributed by atoms with E-state index < -0.39 is 5.54 Å². The highest BCUT2D eigenvalue weighted by Crippen LogP contribution is 2.46. The topological polar surface area (TPSA) is 55.5 Å². The molecule has 210 valence electrons. The van der Waals surface area contributed by atoms with Crippen molar-refractivity contribution in [1.29, 1.82) is 0 Å². The van der Waals surface area contributed by atoms with Crippen LogP contribution in [-0.4, -0.2) is 26.3 Å². The van der Waals surface area contributed by atoms with Crippen LogP contribution in [0, 0.1) is 0 Å². The SMILES string of the molecule is COc1ccc(C(NC(c2ccccc2)(c2ccccc2)c2ccccc2)c2cc3ccccc3[nH]2)c(OC)c1OC. The van der Waals surface area contributed by atoms with E-state index in [-0.39, 0.29) is 6.04 Å². The summed E-state index contributed by atoms with van der Waals surface area (Å²) in [6.45, 7) is 0. The van der Waals surface area contributed by atoms with Gasteiger partial charge in [0, 0.05) is 16.8 Å². The Balaban J connectivity index is 1.67. The molecular formula is C37H34N2O3. The van der Waals surface area contributed by atoms with E-state index in [0.717, 1.165) is 38.9 Å². The van der Waals surface area contributed by atoms with Crippen molar-refractivity contribution in [3.63, 3.8) is 0 Å². The summed E-state index contributed by atoms with van der Waals surface area (Å²) in [6, 6.07) is 45.9. The van der Waals surface area contributed by atoms with Crippen molar-refractivity contribution >= 4 is 10.9 Å². The molecule has 6 aromatic rings. The second-order valence-electron chi connectivity index (χ2n) is 10.2. The monoisotopic (exact) mass is 554 g/mol. The Morgan fingerprint density at radius 2 is 1.10 bits per heavy atom. The van der Waals surface area contributed by atoms with Gasteiger partial charge in [-0.05, 0) is 46.3 Å². The van der Waals surface area contributed by atoms with Gasteiger partial charge < -0.3 is 19.2 Å². The fourth-order valence-electron chi connectivity index (χ4n) is 5.96. The maximum atomic E-state index is 6.06. The van der Waals surface area contributed by atoms with Gasteiger partial charge >= 0.3 is 0 Å². The van der Waals surface area contributed by atoms with E-state index >= 15 is 0 Å². The van der Waals surface area contributed by atoms with Crippen LogP contribution in [0.2, 0.25) is 0 Å². The zero-order chi connectivity index (χ0) is 28.9. The molecule has 1 aromatic heterocycles. The average molecular weight is 555 g/mol. The van der Waals surface area contributed by atoms with Gasteiger partial charge in [-0.3, -0.25) is 5.32 Å². The highest BCUT2D eigenvalue weighted by atomic mass is 16.5. The van der Waals surface area contributed by atoms with Crippen LogP contribution in [0.15, 0.2) is 133 Å². The molecule has 5 nitrogen and oxygen atoms in total. The predicted molar refractivity (Wildman–Crippen MR) is 169 cm³/mol. The van der Waals surface area contributed by atoms with Gasteiger partial charge in [0.15, 0.2) is 11.5 Å². The van der Waals surface area contributed by atoms with Crippen molar-refractivity contribution in [2.45, 2.75) is 11.6 Å². The molecule has 5 heteroatoms. The number of methoxy groups -OCH3 is 3. The first-order valence-electron chi connectivity index (χ1n) is 14.0. The zero-order valence-corrected chi connectivity index (χ0v) is 24.0. The number of hydrogen-bond acceptors (Lipinski definition) is 4. The molecule has 1 atom stereocenters. The van der Waals surface area contributed by atoms with E-state index in [1.165, 1.54) is 0 Å². The van der Waals surface area contributed by atoms with Gasteiger partial charge in [-0.2, -0.15) is 0 Å². The van der Waals surface area contributed by atoms with E-state index in [2.05, 4.69) is 132 Å². The number of hydrogen-bond donors (Lipinski definition) is 2. The van der Waals surface area contributed by atoms with Crippen LogP contribution in [0.25, 0.3) is 10.9 Å². The van der Waals surface area contributed by atoms with Crippen molar-refractivity contribution in [3.8, 4) is 17.2 Å². The quantitative estimate of drug-likeness (QED) is 0.169. The van der Waals surface area contributed by atoms with Gasteiger partial charge in [-0.1, -0.05) is 109 Å². The molecule has 0 amide bonds. The lowest BCUT2D eigenvalue weighted by molar-refractivity contribution is 0.318. The summed E-state index contributed by atoms with van der Waals surface area (Å²) < 4.78 is 17.5. The first-order chi connectivity index (χ1) is 20.7. The standard InChI is InChI=1S/C37H34N2O3/c1-40-33-24-23-30(35(41-2)36(33)42-3)34(32-25-26-15-13-14-22-31(26)38-32)39-37(27-16-7-4-8-17-27,28-18-9-5-10-19-28)29-20-11-6-12-21-29/h4-25,34,38-39H,1-3H3. The minimum Gasteiger partial charge on any atom is -0.493 e. The van der Waals surface area contributed by atoms with E-state index in [4.69, 9.17) is 14.2 Å². The van der Waals surface area contributed by atoms with Crippen LogP contribution in [0.1, 0.15) is 34.0 Å². The summed E-state index contributed by atoms with van der Waals surface area (Å²) in [5.41, 5.74) is 5.57. The Bertz CT molecular complexity index is 1640. The third-order valence-corrected chi connectivity index (χ3v) is 7.89. The molecule has 1 heterocycles. The Kier molecular flexibility index (Phi) is 7.67. The molecular weight excluding hydrogens is 520 g/mol. The molecule has 0 aliphatic carbocycles. The minimum atomic E-state index is -0.732. The van der Waals surface area contributed by atoms with Gasteiger partial charge in [-0.25, -0.2) is 0 Å². The third-order valence-electron chi connectivity index (χ3n) is 7.89. The van der Waals surface area contributed by atoms with E-state index in [9.17, 15) is 0 Å². The number of rotatable bonds is 10. The maximum absolute atomic E-state index is 6.06. The molecule has 0 saturated carbocycles. The molecule has 0 radical (unpaired) electrons. The molecule has 2 N–H and O–H groups in total. The first-order valence-corrected chi connectivity index (χ1v) is 14.0. The largest absolute Gasteiger partial charge is 0.493 e. The second kappa shape index (κ2) is 11.9. The van der Waals surface area contributed by atoms with Gasteiger partial charge in [0.05, 0.1) is 32.9 Å². The molecule has 1 unspecified atom stereocenters. The van der Waals surface area contributed by atoms with Crippen LogP contribution in [0.3, 0.4) is 0 Å². The summed E-state index contributed by atoms with van der Waals surface area (Å²) in [6.07, 6.45) is 0. The van der Waals surface area contributed by atoms with Gasteiger partial charge in [0.25, 0.3) is 0 Å². The highest BCUT2D eigenvalue weighted by molar-refractivity contribution is 5.80. The summed E-state index contributed by atoms with van der Waals surface area (Å²) >= 11 is 0. The average Bonchev–Trinajstić information content (AvgIpc) is 3.50. The van der Waals surface area contributed by atoms with Gasteiger partial charge in [-0.15, -0.1) is 0 Å². The van der Waals surface area contributed by atoms with Crippen LogP contribution in [-0.2, 0) is 5.54 Å². The lowest BCUT2D eigenvalue weighted by atomic mass is 9.76. The molecule has 5 aromatic carbocycles. The van der Waals surface area contributed by atoms with Crippen LogP contribution in [0.5, 0.6) is 17.2 Å². The van der Waals surface area contributed by atoms with Crippen LogP contribution < -0.4 is 19.5 Å². The lowest BCUT2D eigenvalue weighted by Crippen LogP contribution is -2.47. The van der Waals surface area contributed by atoms with Crippen molar-refractivity contribution in [3.05, 3.63) is 161 Å². The normalized spacial score (nSPS) is 12.2. The van der Waals surface area contributed by atoms with Crippen molar-refractivity contribution < 1.29 is 14.2 Å². The predicted octanol–water partition coefficient (Wildman–Crippen LogP) is 7.86. The van der Waals surface area contributed by atoms with E-state index in [1.54, 1.807) is 21.3 Å². The van der Waals surface area contributed by atoms with Crippen LogP contribution in [0.4, 0.5) is 0 Å². The molecule has 0 fully saturated rings. The number of ether oxygens (including phenoxy) is 3. The minimum absolute atomic E-state index is 0.354. The summed E-state index contributed by atoms with van der Waals surface area (Å²) in [5.74, 6) is 1.76. The molecule has 0 aliphatic rings. The number of nitrogens with one attached hydrogen (secondary N) is 2. The molecule has 6 rings (SSSR count). The molecule has 0 saturated heterocycles. The summed E-state index contributed by atoms with van der Waals surface area (Å²) in [4.78, 5) is 3.70. The second-order valence-corrected chi connectivity index (χ2v) is 10.2. The third kappa shape index (κ3) is 4.78. The van der Waals surface area contributed by atoms with Crippen molar-refractivity contribution in [2.24, 2.45) is 0 Å². The lowest BCUT2D eigenvalue weighted by Gasteiger charge is -2.40. The zero-order valence-electron chi connectivity index (χ0n) is 24.0. The Hall–Kier alpha value is -5.00. The first kappa shape index (κ1) is 27.2. The molecule has 0 aliphatic heterocycles. The van der Waals surface area contributed by atoms with Crippen LogP contribution >= 0.6 is 0 Å². The van der Waals surface area contributed by atoms with Crippen molar-refractivity contribution in [2.75, 3.05) is 21.3 Å². The smallest absolute Gasteiger partial charge is 0.203 e. The van der Waals surface area contributed by atoms with Gasteiger partial charge in [0.1, 0.15) is 0 Å². The number of H-pyrrole nitrogens is 1. The number of fused-ring (bicyclic) bond motifs is 1.